The maximum absolute atomic E-state index is 2.46. The van der Waals surface area contributed by atoms with Crippen LogP contribution in [0.1, 0.15) is 6.42 Å². The van der Waals surface area contributed by atoms with Gasteiger partial charge in [-0.25, -0.2) is 0 Å². The zero-order valence-electron chi connectivity index (χ0n) is 8.77. The van der Waals surface area contributed by atoms with Crippen LogP contribution in [-0.4, -0.2) is 0 Å². The van der Waals surface area contributed by atoms with Crippen LogP contribution in [0.5, 0.6) is 0 Å². The van der Waals surface area contributed by atoms with Crippen LogP contribution in [0.15, 0.2) is 52.8 Å². The minimum atomic E-state index is -1.71. The zero-order chi connectivity index (χ0) is 10.0. The average molecular weight is 223 g/mol. The molecule has 73 valence electrons. The molecule has 0 saturated carbocycles. The fourth-order valence-corrected chi connectivity index (χ4v) is 5.36. The second-order valence-corrected chi connectivity index (χ2v) is 10.3. The number of allylic oxidation sites excluding steroid dienone is 4. The Morgan fingerprint density at radius 3 is 2.36 bits per heavy atom. The van der Waals surface area contributed by atoms with E-state index in [1.807, 2.05) is 0 Å². The molecule has 1 aromatic carbocycles. The van der Waals surface area contributed by atoms with Gasteiger partial charge in [-0.1, -0.05) is 0 Å². The van der Waals surface area contributed by atoms with Crippen molar-refractivity contribution in [3.8, 4) is 0 Å². The second-order valence-electron chi connectivity index (χ2n) is 4.08. The van der Waals surface area contributed by atoms with E-state index in [4.69, 9.17) is 0 Å². The Bertz CT molecular complexity index is 371. The quantitative estimate of drug-likeness (QED) is 0.720. The maximum atomic E-state index is 2.46. The van der Waals surface area contributed by atoms with Crippen LogP contribution in [0.3, 0.4) is 0 Å². The predicted octanol–water partition coefficient (Wildman–Crippen LogP) is 3.41. The molecular weight excluding hydrogens is 207 g/mol. The molecule has 0 radical (unpaired) electrons. The summed E-state index contributed by atoms with van der Waals surface area (Å²) in [4.78, 5) is 0. The van der Waals surface area contributed by atoms with Gasteiger partial charge in [0.1, 0.15) is 0 Å². The van der Waals surface area contributed by atoms with E-state index in [-0.39, 0.29) is 0 Å². The zero-order valence-corrected chi connectivity index (χ0v) is 10.2. The van der Waals surface area contributed by atoms with E-state index in [1.165, 1.54) is 6.42 Å². The predicted molar refractivity (Wildman–Crippen MR) is 59.6 cm³/mol. The summed E-state index contributed by atoms with van der Waals surface area (Å²) < 4.78 is 3.25. The third kappa shape index (κ3) is 1.73. The molecule has 0 atom stereocenters. The van der Waals surface area contributed by atoms with Crippen molar-refractivity contribution in [3.63, 3.8) is 0 Å². The first kappa shape index (κ1) is 9.82. The molecule has 0 unspecified atom stereocenters. The summed E-state index contributed by atoms with van der Waals surface area (Å²) in [5.74, 6) is 0. The van der Waals surface area contributed by atoms with Gasteiger partial charge in [0.2, 0.25) is 0 Å². The third-order valence-electron chi connectivity index (χ3n) is 2.87. The molecule has 0 spiro atoms. The van der Waals surface area contributed by atoms with Gasteiger partial charge in [0.05, 0.1) is 0 Å². The van der Waals surface area contributed by atoms with Crippen molar-refractivity contribution in [1.82, 2.24) is 0 Å². The molecule has 0 bridgehead atoms. The molecule has 0 nitrogen and oxygen atoms in total. The molecule has 0 aromatic heterocycles. The standard InChI is InChI=1S/C6H5.C5H5.2CH3.V/c1-2-4-6-5-3-1;1-2-4-5-3-1;;;/h1-5H;1-3H,4H2;2*1H3;. The molecule has 0 N–H and O–H groups in total. The SMILES string of the molecule is [CH3][V]([CH3])([C]1=CC=CC1)[c]1ccccc1. The van der Waals surface area contributed by atoms with Crippen LogP contribution in [0.4, 0.5) is 0 Å². The van der Waals surface area contributed by atoms with Gasteiger partial charge in [0.25, 0.3) is 0 Å². The van der Waals surface area contributed by atoms with Crippen LogP contribution < -0.4 is 4.28 Å². The molecular formula is C13H16V. The van der Waals surface area contributed by atoms with E-state index < -0.39 is 14.0 Å². The number of hydrogen-bond acceptors (Lipinski definition) is 0. The summed E-state index contributed by atoms with van der Waals surface area (Å²) in [5, 5.41) is 0. The molecule has 0 amide bonds. The van der Waals surface area contributed by atoms with E-state index in [9.17, 15) is 0 Å². The molecule has 14 heavy (non-hydrogen) atoms. The summed E-state index contributed by atoms with van der Waals surface area (Å²) >= 11 is -1.71. The van der Waals surface area contributed by atoms with Crippen molar-refractivity contribution in [2.45, 2.75) is 17.7 Å². The Hall–Kier alpha value is -0.716. The molecule has 0 aliphatic heterocycles. The van der Waals surface area contributed by atoms with Crippen molar-refractivity contribution in [3.05, 3.63) is 52.8 Å². The summed E-state index contributed by atoms with van der Waals surface area (Å²) in [7, 11) is 0. The Labute approximate surface area is 88.9 Å². The summed E-state index contributed by atoms with van der Waals surface area (Å²) in [6.07, 6.45) is 7.96. The van der Waals surface area contributed by atoms with E-state index in [0.717, 1.165) is 0 Å². The van der Waals surface area contributed by atoms with Gasteiger partial charge in [-0.15, -0.1) is 0 Å². The minimum absolute atomic E-state index is 1.18. The van der Waals surface area contributed by atoms with Gasteiger partial charge in [-0.05, 0) is 0 Å². The van der Waals surface area contributed by atoms with Crippen LogP contribution in [-0.2, 0) is 14.0 Å². The van der Waals surface area contributed by atoms with Crippen molar-refractivity contribution in [1.29, 1.82) is 0 Å². The number of rotatable bonds is 2. The van der Waals surface area contributed by atoms with Gasteiger partial charge < -0.3 is 0 Å². The molecule has 1 aliphatic carbocycles. The van der Waals surface area contributed by atoms with E-state index in [2.05, 4.69) is 59.8 Å². The van der Waals surface area contributed by atoms with Crippen LogP contribution >= 0.6 is 0 Å². The van der Waals surface area contributed by atoms with Gasteiger partial charge >= 0.3 is 88.8 Å². The number of benzene rings is 1. The number of hydrogen-bond donors (Lipinski definition) is 0. The topological polar surface area (TPSA) is 0 Å². The summed E-state index contributed by atoms with van der Waals surface area (Å²) in [6.45, 7) is 0. The molecule has 1 aliphatic rings. The van der Waals surface area contributed by atoms with Crippen molar-refractivity contribution < 1.29 is 14.0 Å². The Morgan fingerprint density at radius 1 is 1.07 bits per heavy atom. The van der Waals surface area contributed by atoms with Gasteiger partial charge in [-0.3, -0.25) is 0 Å². The van der Waals surface area contributed by atoms with Crippen LogP contribution in [0.2, 0.25) is 11.3 Å². The molecule has 1 heteroatoms. The average Bonchev–Trinajstić information content (AvgIpc) is 2.72. The first-order valence-corrected chi connectivity index (χ1v) is 9.16. The first-order valence-electron chi connectivity index (χ1n) is 4.97. The van der Waals surface area contributed by atoms with E-state index >= 15 is 0 Å². The van der Waals surface area contributed by atoms with Crippen molar-refractivity contribution in [2.75, 3.05) is 0 Å². The van der Waals surface area contributed by atoms with Gasteiger partial charge in [0, 0.05) is 0 Å². The molecule has 0 fully saturated rings. The fourth-order valence-electron chi connectivity index (χ4n) is 1.82. The van der Waals surface area contributed by atoms with Gasteiger partial charge in [-0.2, -0.15) is 0 Å². The summed E-state index contributed by atoms with van der Waals surface area (Å²) in [6, 6.07) is 11.0. The molecule has 2 rings (SSSR count). The normalized spacial score (nSPS) is 15.7. The summed E-state index contributed by atoms with van der Waals surface area (Å²) in [5.41, 5.74) is 4.93. The molecule has 1 aromatic rings. The van der Waals surface area contributed by atoms with Crippen LogP contribution in [0.25, 0.3) is 0 Å². The Morgan fingerprint density at radius 2 is 1.79 bits per heavy atom. The Kier molecular flexibility index (Phi) is 2.67. The van der Waals surface area contributed by atoms with E-state index in [0.29, 0.717) is 0 Å². The molecule has 0 heterocycles. The second kappa shape index (κ2) is 3.80. The monoisotopic (exact) mass is 223 g/mol. The first-order chi connectivity index (χ1) is 6.71. The third-order valence-corrected chi connectivity index (χ3v) is 8.11. The van der Waals surface area contributed by atoms with Gasteiger partial charge in [0.15, 0.2) is 0 Å². The molecule has 0 saturated heterocycles. The van der Waals surface area contributed by atoms with Crippen LogP contribution in [0, 0.1) is 0 Å². The van der Waals surface area contributed by atoms with E-state index in [1.54, 1.807) is 8.56 Å². The Balaban J connectivity index is 2.33. The van der Waals surface area contributed by atoms with Crippen molar-refractivity contribution >= 4 is 4.28 Å². The fraction of sp³-hybridized carbons (Fsp3) is 0.231. The van der Waals surface area contributed by atoms with Crippen molar-refractivity contribution in [2.24, 2.45) is 0 Å².